The van der Waals surface area contributed by atoms with Crippen LogP contribution in [0.5, 0.6) is 5.75 Å². The van der Waals surface area contributed by atoms with Crippen molar-refractivity contribution in [1.29, 1.82) is 0 Å². The van der Waals surface area contributed by atoms with Gasteiger partial charge in [-0.15, -0.1) is 0 Å². The van der Waals surface area contributed by atoms with Gasteiger partial charge in [-0.1, -0.05) is 0 Å². The molecule has 0 saturated heterocycles. The van der Waals surface area contributed by atoms with E-state index in [0.717, 1.165) is 22.2 Å². The van der Waals surface area contributed by atoms with Gasteiger partial charge in [0.25, 0.3) is 0 Å². The summed E-state index contributed by atoms with van der Waals surface area (Å²) in [7, 11) is 0. The first-order chi connectivity index (χ1) is 11.7. The zero-order chi connectivity index (χ0) is 16.5. The molecule has 6 heteroatoms. The van der Waals surface area contributed by atoms with Gasteiger partial charge in [0, 0.05) is 28.4 Å². The molecule has 2 heterocycles. The van der Waals surface area contributed by atoms with Crippen molar-refractivity contribution in [2.45, 2.75) is 0 Å². The fourth-order valence-electron chi connectivity index (χ4n) is 2.53. The summed E-state index contributed by atoms with van der Waals surface area (Å²) >= 11 is 0. The lowest BCUT2D eigenvalue weighted by atomic mass is 10.1. The molecule has 2 aromatic carbocycles. The minimum atomic E-state index is 0.209. The van der Waals surface area contributed by atoms with Crippen molar-refractivity contribution in [3.8, 4) is 17.0 Å². The SMILES string of the molecule is Nc1ncc(-c2ccc(O)cc2)nc1Nc1ccc2[nH]ccc2c1. The first kappa shape index (κ1) is 14.1. The van der Waals surface area contributed by atoms with Crippen LogP contribution in [0.4, 0.5) is 17.3 Å². The second-order valence-corrected chi connectivity index (χ2v) is 5.44. The highest BCUT2D eigenvalue weighted by atomic mass is 16.3. The van der Waals surface area contributed by atoms with E-state index in [9.17, 15) is 5.11 Å². The van der Waals surface area contributed by atoms with E-state index in [0.29, 0.717) is 17.3 Å². The van der Waals surface area contributed by atoms with Crippen molar-refractivity contribution in [3.63, 3.8) is 0 Å². The maximum Gasteiger partial charge on any atom is 0.173 e. The van der Waals surface area contributed by atoms with E-state index in [1.807, 2.05) is 30.5 Å². The molecule has 0 unspecified atom stereocenters. The normalized spacial score (nSPS) is 10.8. The van der Waals surface area contributed by atoms with Crippen molar-refractivity contribution in [3.05, 3.63) is 60.9 Å². The average molecular weight is 317 g/mol. The zero-order valence-corrected chi connectivity index (χ0v) is 12.7. The molecule has 0 aliphatic carbocycles. The van der Waals surface area contributed by atoms with Gasteiger partial charge in [-0.3, -0.25) is 0 Å². The second-order valence-electron chi connectivity index (χ2n) is 5.44. The predicted molar refractivity (Wildman–Crippen MR) is 95.1 cm³/mol. The van der Waals surface area contributed by atoms with E-state index in [1.54, 1.807) is 30.5 Å². The lowest BCUT2D eigenvalue weighted by Gasteiger charge is -2.10. The number of anilines is 3. The molecule has 0 amide bonds. The largest absolute Gasteiger partial charge is 0.508 e. The number of phenolic OH excluding ortho intramolecular Hbond substituents is 1. The van der Waals surface area contributed by atoms with Gasteiger partial charge in [0.1, 0.15) is 5.75 Å². The number of benzene rings is 2. The molecular weight excluding hydrogens is 302 g/mol. The number of nitrogens with two attached hydrogens (primary N) is 1. The number of fused-ring (bicyclic) bond motifs is 1. The molecule has 0 aliphatic rings. The van der Waals surface area contributed by atoms with Crippen molar-refractivity contribution in [2.75, 3.05) is 11.1 Å². The van der Waals surface area contributed by atoms with E-state index in [4.69, 9.17) is 5.73 Å². The van der Waals surface area contributed by atoms with E-state index in [2.05, 4.69) is 20.3 Å². The van der Waals surface area contributed by atoms with Crippen LogP contribution in [0.3, 0.4) is 0 Å². The summed E-state index contributed by atoms with van der Waals surface area (Å²) in [5.74, 6) is 1.03. The maximum atomic E-state index is 9.39. The van der Waals surface area contributed by atoms with Crippen LogP contribution in [-0.2, 0) is 0 Å². The van der Waals surface area contributed by atoms with Crippen LogP contribution in [0.25, 0.3) is 22.2 Å². The first-order valence-electron chi connectivity index (χ1n) is 7.45. The number of nitrogen functional groups attached to an aromatic ring is 1. The van der Waals surface area contributed by atoms with Gasteiger partial charge in [-0.25, -0.2) is 9.97 Å². The number of rotatable bonds is 3. The Morgan fingerprint density at radius 2 is 1.88 bits per heavy atom. The molecule has 0 aliphatic heterocycles. The Morgan fingerprint density at radius 1 is 1.04 bits per heavy atom. The van der Waals surface area contributed by atoms with Gasteiger partial charge in [-0.2, -0.15) is 0 Å². The van der Waals surface area contributed by atoms with Crippen LogP contribution in [0.2, 0.25) is 0 Å². The number of aromatic amines is 1. The van der Waals surface area contributed by atoms with Gasteiger partial charge < -0.3 is 21.1 Å². The molecule has 0 spiro atoms. The third-order valence-corrected chi connectivity index (χ3v) is 3.78. The number of phenols is 1. The molecule has 2 aromatic heterocycles. The number of hydrogen-bond donors (Lipinski definition) is 4. The number of aromatic nitrogens is 3. The molecule has 24 heavy (non-hydrogen) atoms. The van der Waals surface area contributed by atoms with E-state index >= 15 is 0 Å². The predicted octanol–water partition coefficient (Wildman–Crippen LogP) is 3.66. The van der Waals surface area contributed by atoms with E-state index in [1.165, 1.54) is 0 Å². The van der Waals surface area contributed by atoms with Crippen LogP contribution in [0.1, 0.15) is 0 Å². The summed E-state index contributed by atoms with van der Waals surface area (Å²) in [6, 6.07) is 14.7. The number of nitrogens with zero attached hydrogens (tertiary/aromatic N) is 2. The topological polar surface area (TPSA) is 99.8 Å². The fourth-order valence-corrected chi connectivity index (χ4v) is 2.53. The Kier molecular flexibility index (Phi) is 3.28. The van der Waals surface area contributed by atoms with E-state index in [-0.39, 0.29) is 5.75 Å². The Balaban J connectivity index is 1.69. The Morgan fingerprint density at radius 3 is 2.71 bits per heavy atom. The average Bonchev–Trinajstić information content (AvgIpc) is 3.05. The van der Waals surface area contributed by atoms with Crippen molar-refractivity contribution >= 4 is 28.2 Å². The summed E-state index contributed by atoms with van der Waals surface area (Å²) in [6.45, 7) is 0. The number of hydrogen-bond acceptors (Lipinski definition) is 5. The van der Waals surface area contributed by atoms with Gasteiger partial charge in [0.2, 0.25) is 0 Å². The standard InChI is InChI=1S/C18H15N5O/c19-17-18(22-13-3-6-15-12(9-13)7-8-20-15)23-16(10-21-17)11-1-4-14(24)5-2-11/h1-10,20,24H,(H2,19,21)(H,22,23). The Labute approximate surface area is 138 Å². The monoisotopic (exact) mass is 317 g/mol. The third kappa shape index (κ3) is 2.61. The fraction of sp³-hybridized carbons (Fsp3) is 0. The van der Waals surface area contributed by atoms with Crippen LogP contribution < -0.4 is 11.1 Å². The van der Waals surface area contributed by atoms with Crippen molar-refractivity contribution in [2.24, 2.45) is 0 Å². The molecule has 0 radical (unpaired) electrons. The van der Waals surface area contributed by atoms with Crippen LogP contribution in [0.15, 0.2) is 60.9 Å². The quantitative estimate of drug-likeness (QED) is 0.462. The highest BCUT2D eigenvalue weighted by molar-refractivity contribution is 5.84. The number of aromatic hydroxyl groups is 1. The lowest BCUT2D eigenvalue weighted by Crippen LogP contribution is -2.02. The summed E-state index contributed by atoms with van der Waals surface area (Å²) in [5, 5.41) is 13.7. The molecule has 4 aromatic rings. The minimum absolute atomic E-state index is 0.209. The summed E-state index contributed by atoms with van der Waals surface area (Å²) in [4.78, 5) is 11.9. The van der Waals surface area contributed by atoms with Gasteiger partial charge in [0.05, 0.1) is 11.9 Å². The Bertz CT molecular complexity index is 1010. The highest BCUT2D eigenvalue weighted by Crippen LogP contribution is 2.26. The minimum Gasteiger partial charge on any atom is -0.508 e. The first-order valence-corrected chi connectivity index (χ1v) is 7.45. The third-order valence-electron chi connectivity index (χ3n) is 3.78. The molecule has 0 saturated carbocycles. The number of H-pyrrole nitrogens is 1. The molecule has 118 valence electrons. The molecule has 6 nitrogen and oxygen atoms in total. The lowest BCUT2D eigenvalue weighted by molar-refractivity contribution is 0.475. The van der Waals surface area contributed by atoms with Crippen LogP contribution in [-0.4, -0.2) is 20.1 Å². The molecule has 4 rings (SSSR count). The van der Waals surface area contributed by atoms with Crippen molar-refractivity contribution in [1.82, 2.24) is 15.0 Å². The van der Waals surface area contributed by atoms with Crippen LogP contribution in [0, 0.1) is 0 Å². The summed E-state index contributed by atoms with van der Waals surface area (Å²) < 4.78 is 0. The number of nitrogens with one attached hydrogen (secondary N) is 2. The maximum absolute atomic E-state index is 9.39. The zero-order valence-electron chi connectivity index (χ0n) is 12.7. The van der Waals surface area contributed by atoms with Gasteiger partial charge >= 0.3 is 0 Å². The van der Waals surface area contributed by atoms with Crippen molar-refractivity contribution < 1.29 is 5.11 Å². The summed E-state index contributed by atoms with van der Waals surface area (Å²) in [5.41, 5.74) is 9.42. The molecule has 0 bridgehead atoms. The second kappa shape index (κ2) is 5.58. The molecular formula is C18H15N5O. The highest BCUT2D eigenvalue weighted by Gasteiger charge is 2.08. The van der Waals surface area contributed by atoms with Gasteiger partial charge in [0.15, 0.2) is 11.6 Å². The van der Waals surface area contributed by atoms with Gasteiger partial charge in [-0.05, 0) is 48.5 Å². The van der Waals surface area contributed by atoms with Crippen LogP contribution >= 0.6 is 0 Å². The summed E-state index contributed by atoms with van der Waals surface area (Å²) in [6.07, 6.45) is 3.51. The molecule has 5 N–H and O–H groups in total. The smallest absolute Gasteiger partial charge is 0.173 e. The molecule has 0 fully saturated rings. The van der Waals surface area contributed by atoms with E-state index < -0.39 is 0 Å². The Hall–Kier alpha value is -3.54. The molecule has 0 atom stereocenters.